The van der Waals surface area contributed by atoms with Gasteiger partial charge < -0.3 is 21.3 Å². The van der Waals surface area contributed by atoms with E-state index < -0.39 is 11.9 Å². The molecule has 3 rings (SSSR count). The average molecular weight is 375 g/mol. The molecule has 0 bridgehead atoms. The first-order valence-corrected chi connectivity index (χ1v) is 8.29. The lowest BCUT2D eigenvalue weighted by Gasteiger charge is -2.13. The zero-order valence-electron chi connectivity index (χ0n) is 14.6. The molecule has 0 spiro atoms. The van der Waals surface area contributed by atoms with E-state index in [-0.39, 0.29) is 28.3 Å². The van der Waals surface area contributed by atoms with Crippen LogP contribution in [0.1, 0.15) is 26.3 Å². The molecule has 7 nitrogen and oxygen atoms in total. The molecule has 0 saturated carbocycles. The average Bonchev–Trinajstić information content (AvgIpc) is 2.68. The second-order valence-corrected chi connectivity index (χ2v) is 6.00. The summed E-state index contributed by atoms with van der Waals surface area (Å²) in [5.74, 6) is -2.18. The Kier molecular flexibility index (Phi) is 5.08. The van der Waals surface area contributed by atoms with Gasteiger partial charge in [0.05, 0.1) is 0 Å². The van der Waals surface area contributed by atoms with Gasteiger partial charge in [-0.25, -0.2) is 4.79 Å². The van der Waals surface area contributed by atoms with Crippen LogP contribution >= 0.6 is 0 Å². The predicted molar refractivity (Wildman–Crippen MR) is 106 cm³/mol. The molecule has 6 N–H and O–H groups in total. The van der Waals surface area contributed by atoms with Crippen LogP contribution in [-0.4, -0.2) is 27.9 Å². The van der Waals surface area contributed by atoms with E-state index in [1.807, 2.05) is 0 Å². The number of carbonyl (C=O) groups excluding carboxylic acids is 1. The van der Waals surface area contributed by atoms with Gasteiger partial charge in [0.2, 0.25) is 0 Å². The quantitative estimate of drug-likeness (QED) is 0.344. The Bertz CT molecular complexity index is 1080. The van der Waals surface area contributed by atoms with E-state index in [2.05, 4.69) is 5.32 Å². The van der Waals surface area contributed by atoms with Crippen LogP contribution in [0.3, 0.4) is 0 Å². The number of carboxylic acids is 1. The highest BCUT2D eigenvalue weighted by Gasteiger charge is 2.20. The smallest absolute Gasteiger partial charge is 0.340 e. The SMILES string of the molecule is N=C(N)c1ccc(NC(=O)c2ccccc2-c2cccc(O)c2C(=O)O)cc1. The van der Waals surface area contributed by atoms with Gasteiger partial charge in [0.25, 0.3) is 5.91 Å². The van der Waals surface area contributed by atoms with Crippen molar-refractivity contribution < 1.29 is 19.8 Å². The number of hydrogen-bond acceptors (Lipinski definition) is 4. The Hall–Kier alpha value is -4.13. The van der Waals surface area contributed by atoms with Crippen molar-refractivity contribution in [3.8, 4) is 16.9 Å². The van der Waals surface area contributed by atoms with E-state index in [0.29, 0.717) is 16.8 Å². The number of nitrogen functional groups attached to an aromatic ring is 1. The summed E-state index contributed by atoms with van der Waals surface area (Å²) in [6, 6.07) is 17.4. The number of anilines is 1. The topological polar surface area (TPSA) is 136 Å². The first kappa shape index (κ1) is 18.7. The Balaban J connectivity index is 1.99. The molecule has 28 heavy (non-hydrogen) atoms. The number of amides is 1. The lowest BCUT2D eigenvalue weighted by atomic mass is 9.94. The van der Waals surface area contributed by atoms with Crippen LogP contribution in [0.4, 0.5) is 5.69 Å². The molecule has 0 aliphatic carbocycles. The molecular formula is C21H17N3O4. The Labute approximate surface area is 160 Å². The van der Waals surface area contributed by atoms with Gasteiger partial charge in [0.1, 0.15) is 17.1 Å². The Morgan fingerprint density at radius 1 is 0.893 bits per heavy atom. The fourth-order valence-electron chi connectivity index (χ4n) is 2.84. The molecule has 0 fully saturated rings. The summed E-state index contributed by atoms with van der Waals surface area (Å²) in [5.41, 5.74) is 7.06. The molecule has 3 aromatic carbocycles. The number of carbonyl (C=O) groups is 2. The van der Waals surface area contributed by atoms with Crippen LogP contribution < -0.4 is 11.1 Å². The maximum atomic E-state index is 12.8. The van der Waals surface area contributed by atoms with Crippen molar-refractivity contribution in [2.75, 3.05) is 5.32 Å². The largest absolute Gasteiger partial charge is 0.507 e. The van der Waals surface area contributed by atoms with Crippen molar-refractivity contribution >= 4 is 23.4 Å². The summed E-state index contributed by atoms with van der Waals surface area (Å²) < 4.78 is 0. The number of nitrogens with two attached hydrogens (primary N) is 1. The summed E-state index contributed by atoms with van der Waals surface area (Å²) in [7, 11) is 0. The zero-order valence-corrected chi connectivity index (χ0v) is 14.6. The number of carboxylic acid groups (broad SMARTS) is 1. The van der Waals surface area contributed by atoms with E-state index in [9.17, 15) is 19.8 Å². The van der Waals surface area contributed by atoms with E-state index in [1.165, 1.54) is 18.2 Å². The molecular weight excluding hydrogens is 358 g/mol. The van der Waals surface area contributed by atoms with Crippen molar-refractivity contribution in [1.29, 1.82) is 5.41 Å². The number of benzene rings is 3. The van der Waals surface area contributed by atoms with Gasteiger partial charge in [-0.2, -0.15) is 0 Å². The van der Waals surface area contributed by atoms with E-state index in [0.717, 1.165) is 0 Å². The molecule has 0 aromatic heterocycles. The molecule has 3 aromatic rings. The molecule has 0 atom stereocenters. The maximum Gasteiger partial charge on any atom is 0.340 e. The number of amidine groups is 1. The summed E-state index contributed by atoms with van der Waals surface area (Å²) in [4.78, 5) is 24.4. The third-order valence-corrected chi connectivity index (χ3v) is 4.17. The van der Waals surface area contributed by atoms with Gasteiger partial charge >= 0.3 is 5.97 Å². The van der Waals surface area contributed by atoms with Crippen LogP contribution in [0.25, 0.3) is 11.1 Å². The van der Waals surface area contributed by atoms with Crippen molar-refractivity contribution in [2.45, 2.75) is 0 Å². The van der Waals surface area contributed by atoms with E-state index in [1.54, 1.807) is 48.5 Å². The van der Waals surface area contributed by atoms with Crippen LogP contribution in [0, 0.1) is 5.41 Å². The highest BCUT2D eigenvalue weighted by molar-refractivity contribution is 6.11. The number of aromatic hydroxyl groups is 1. The Morgan fingerprint density at radius 3 is 2.18 bits per heavy atom. The number of rotatable bonds is 5. The molecule has 1 amide bonds. The van der Waals surface area contributed by atoms with E-state index in [4.69, 9.17) is 11.1 Å². The van der Waals surface area contributed by atoms with Gasteiger partial charge in [-0.1, -0.05) is 30.3 Å². The number of nitrogens with one attached hydrogen (secondary N) is 2. The summed E-state index contributed by atoms with van der Waals surface area (Å²) in [6.07, 6.45) is 0. The second-order valence-electron chi connectivity index (χ2n) is 6.00. The third-order valence-electron chi connectivity index (χ3n) is 4.17. The van der Waals surface area contributed by atoms with Gasteiger partial charge in [-0.15, -0.1) is 0 Å². The van der Waals surface area contributed by atoms with Crippen LogP contribution in [0.15, 0.2) is 66.7 Å². The van der Waals surface area contributed by atoms with Crippen molar-refractivity contribution in [3.63, 3.8) is 0 Å². The van der Waals surface area contributed by atoms with Gasteiger partial charge in [0, 0.05) is 22.4 Å². The molecule has 0 heterocycles. The van der Waals surface area contributed by atoms with Gasteiger partial charge in [-0.05, 0) is 42.0 Å². The molecule has 0 radical (unpaired) electrons. The third kappa shape index (κ3) is 3.68. The van der Waals surface area contributed by atoms with Crippen LogP contribution in [0.2, 0.25) is 0 Å². The minimum Gasteiger partial charge on any atom is -0.507 e. The normalized spacial score (nSPS) is 10.3. The lowest BCUT2D eigenvalue weighted by molar-refractivity contribution is 0.0694. The molecule has 7 heteroatoms. The minimum absolute atomic E-state index is 0.0756. The molecule has 0 aliphatic heterocycles. The first-order valence-electron chi connectivity index (χ1n) is 8.29. The number of hydrogen-bond donors (Lipinski definition) is 5. The monoisotopic (exact) mass is 375 g/mol. The number of aromatic carboxylic acids is 1. The van der Waals surface area contributed by atoms with Gasteiger partial charge in [-0.3, -0.25) is 10.2 Å². The van der Waals surface area contributed by atoms with Crippen molar-refractivity contribution in [3.05, 3.63) is 83.4 Å². The van der Waals surface area contributed by atoms with Gasteiger partial charge in [0.15, 0.2) is 0 Å². The molecule has 0 saturated heterocycles. The maximum absolute atomic E-state index is 12.8. The standard InChI is InChI=1S/C21H17N3O4/c22-19(23)12-8-10-13(11-9-12)24-20(26)16-5-2-1-4-14(16)15-6-3-7-17(25)18(15)21(27)28/h1-11,25H,(H3,22,23)(H,24,26)(H,27,28). The predicted octanol–water partition coefficient (Wildman–Crippen LogP) is 3.29. The van der Waals surface area contributed by atoms with E-state index >= 15 is 0 Å². The van der Waals surface area contributed by atoms with Crippen LogP contribution in [-0.2, 0) is 0 Å². The molecule has 0 aliphatic rings. The molecule has 0 unspecified atom stereocenters. The lowest BCUT2D eigenvalue weighted by Crippen LogP contribution is -2.14. The molecule has 140 valence electrons. The fraction of sp³-hybridized carbons (Fsp3) is 0. The zero-order chi connectivity index (χ0) is 20.3. The highest BCUT2D eigenvalue weighted by Crippen LogP contribution is 2.32. The highest BCUT2D eigenvalue weighted by atomic mass is 16.4. The minimum atomic E-state index is -1.29. The summed E-state index contributed by atoms with van der Waals surface area (Å²) in [6.45, 7) is 0. The van der Waals surface area contributed by atoms with Crippen molar-refractivity contribution in [2.24, 2.45) is 5.73 Å². The summed E-state index contributed by atoms with van der Waals surface area (Å²) in [5, 5.41) is 29.5. The fourth-order valence-corrected chi connectivity index (χ4v) is 2.84. The second kappa shape index (κ2) is 7.63. The number of phenols is 1. The first-order chi connectivity index (χ1) is 13.4. The summed E-state index contributed by atoms with van der Waals surface area (Å²) >= 11 is 0. The van der Waals surface area contributed by atoms with Crippen molar-refractivity contribution in [1.82, 2.24) is 0 Å². The van der Waals surface area contributed by atoms with Crippen LogP contribution in [0.5, 0.6) is 5.75 Å². The Morgan fingerprint density at radius 2 is 1.54 bits per heavy atom.